The van der Waals surface area contributed by atoms with E-state index < -0.39 is 30.4 Å². The first-order valence-corrected chi connectivity index (χ1v) is 10.6. The third kappa shape index (κ3) is 6.87. The molecule has 168 valence electrons. The summed E-state index contributed by atoms with van der Waals surface area (Å²) in [5.41, 5.74) is 1.35. The second-order valence-corrected chi connectivity index (χ2v) is 7.79. The lowest BCUT2D eigenvalue weighted by Crippen LogP contribution is -2.50. The molecule has 0 saturated carbocycles. The molecule has 2 heterocycles. The summed E-state index contributed by atoms with van der Waals surface area (Å²) in [6.45, 7) is 4.79. The second kappa shape index (κ2) is 10.6. The number of rotatable bonds is 7. The van der Waals surface area contributed by atoms with Crippen molar-refractivity contribution in [1.82, 2.24) is 21.3 Å². The number of guanidine groups is 1. The fourth-order valence-electron chi connectivity index (χ4n) is 3.75. The van der Waals surface area contributed by atoms with Crippen LogP contribution in [0.3, 0.4) is 0 Å². The highest BCUT2D eigenvalue weighted by atomic mass is 16.4. The molecule has 0 aliphatic carbocycles. The minimum absolute atomic E-state index is 0.363. The molecule has 1 unspecified atom stereocenters. The lowest BCUT2D eigenvalue weighted by atomic mass is 10.0. The zero-order valence-electron chi connectivity index (χ0n) is 17.7. The van der Waals surface area contributed by atoms with Crippen LogP contribution >= 0.6 is 0 Å². The Balaban J connectivity index is 1.57. The maximum atomic E-state index is 12.6. The number of hydrogen-bond donors (Lipinski definition) is 5. The summed E-state index contributed by atoms with van der Waals surface area (Å²) in [5.74, 6) is -1.07. The van der Waals surface area contributed by atoms with Crippen molar-refractivity contribution >= 4 is 29.4 Å². The van der Waals surface area contributed by atoms with Crippen molar-refractivity contribution < 1.29 is 19.5 Å². The quantitative estimate of drug-likeness (QED) is 0.392. The van der Waals surface area contributed by atoms with Gasteiger partial charge < -0.3 is 31.3 Å². The van der Waals surface area contributed by atoms with E-state index in [4.69, 9.17) is 5.11 Å². The highest BCUT2D eigenvalue weighted by Crippen LogP contribution is 2.21. The summed E-state index contributed by atoms with van der Waals surface area (Å²) in [6.07, 6.45) is 1.62. The molecule has 5 N–H and O–H groups in total. The minimum Gasteiger partial charge on any atom is -0.481 e. The monoisotopic (exact) mass is 430 g/mol. The molecule has 0 radical (unpaired) electrons. The van der Waals surface area contributed by atoms with Crippen molar-refractivity contribution in [3.05, 3.63) is 29.8 Å². The van der Waals surface area contributed by atoms with Crippen LogP contribution in [0.5, 0.6) is 0 Å². The Labute approximate surface area is 181 Å². The number of carbonyl (C=O) groups excluding carboxylic acids is 2. The number of anilines is 1. The van der Waals surface area contributed by atoms with Gasteiger partial charge in [0.1, 0.15) is 6.17 Å². The fraction of sp³-hybridized carbons (Fsp3) is 0.524. The van der Waals surface area contributed by atoms with Crippen LogP contribution in [-0.4, -0.2) is 67.2 Å². The Morgan fingerprint density at radius 3 is 2.68 bits per heavy atom. The summed E-state index contributed by atoms with van der Waals surface area (Å²) >= 11 is 0. The number of hydrogen-bond acceptors (Lipinski definition) is 7. The first kappa shape index (κ1) is 22.4. The molecule has 3 rings (SSSR count). The third-order valence-electron chi connectivity index (χ3n) is 5.27. The minimum atomic E-state index is -1.11. The molecule has 2 aliphatic heterocycles. The summed E-state index contributed by atoms with van der Waals surface area (Å²) in [5, 5.41) is 20.8. The molecular formula is C21H30N6O4. The molecule has 10 heteroatoms. The molecule has 0 aromatic heterocycles. The second-order valence-electron chi connectivity index (χ2n) is 7.79. The van der Waals surface area contributed by atoms with Crippen molar-refractivity contribution in [2.45, 2.75) is 44.8 Å². The Hall–Kier alpha value is -3.30. The number of piperidine rings is 1. The van der Waals surface area contributed by atoms with E-state index in [9.17, 15) is 14.4 Å². The molecule has 2 amide bonds. The van der Waals surface area contributed by atoms with Gasteiger partial charge in [-0.15, -0.1) is 0 Å². The van der Waals surface area contributed by atoms with Crippen LogP contribution < -0.4 is 26.2 Å². The van der Waals surface area contributed by atoms with Gasteiger partial charge in [-0.3, -0.25) is 19.4 Å². The van der Waals surface area contributed by atoms with Crippen molar-refractivity contribution in [2.24, 2.45) is 4.99 Å². The zero-order valence-corrected chi connectivity index (χ0v) is 17.7. The maximum absolute atomic E-state index is 12.6. The van der Waals surface area contributed by atoms with E-state index >= 15 is 0 Å². The predicted molar refractivity (Wildman–Crippen MR) is 117 cm³/mol. The Morgan fingerprint density at radius 1 is 1.26 bits per heavy atom. The van der Waals surface area contributed by atoms with Crippen LogP contribution in [0.2, 0.25) is 0 Å². The van der Waals surface area contributed by atoms with Gasteiger partial charge in [0.15, 0.2) is 5.96 Å². The van der Waals surface area contributed by atoms with Crippen molar-refractivity contribution in [3.8, 4) is 0 Å². The molecular weight excluding hydrogens is 400 g/mol. The standard InChI is InChI=1S/C21H30N6O4/c1-14(28)24-18(13-19(29)30)26-20(31)15-4-2-5-17(12-15)27-10-6-16(7-11-27)25-21-22-8-3-9-23-21/h2,4-5,12,16,18H,3,6-11,13H2,1H3,(H,24,28)(H,26,31)(H,29,30)(H2,22,23,25). The number of carboxylic acids is 1. The van der Waals surface area contributed by atoms with Crippen LogP contribution in [0.15, 0.2) is 29.3 Å². The summed E-state index contributed by atoms with van der Waals surface area (Å²) < 4.78 is 0. The van der Waals surface area contributed by atoms with Crippen molar-refractivity contribution in [3.63, 3.8) is 0 Å². The predicted octanol–water partition coefficient (Wildman–Crippen LogP) is 0.261. The van der Waals surface area contributed by atoms with Gasteiger partial charge in [-0.25, -0.2) is 0 Å². The number of amides is 2. The molecule has 2 aliphatic rings. The van der Waals surface area contributed by atoms with Gasteiger partial charge in [0.2, 0.25) is 5.91 Å². The highest BCUT2D eigenvalue weighted by Gasteiger charge is 2.22. The average molecular weight is 431 g/mol. The van der Waals surface area contributed by atoms with E-state index in [0.717, 1.165) is 57.1 Å². The van der Waals surface area contributed by atoms with Crippen LogP contribution in [-0.2, 0) is 9.59 Å². The molecule has 1 fully saturated rings. The van der Waals surface area contributed by atoms with Gasteiger partial charge in [-0.05, 0) is 37.5 Å². The van der Waals surface area contributed by atoms with E-state index in [-0.39, 0.29) is 0 Å². The van der Waals surface area contributed by atoms with Gasteiger partial charge in [-0.2, -0.15) is 0 Å². The third-order valence-corrected chi connectivity index (χ3v) is 5.27. The number of carboxylic acid groups (broad SMARTS) is 1. The van der Waals surface area contributed by atoms with Crippen molar-refractivity contribution in [2.75, 3.05) is 31.1 Å². The van der Waals surface area contributed by atoms with Crippen LogP contribution in [0.25, 0.3) is 0 Å². The number of carbonyl (C=O) groups is 3. The summed E-state index contributed by atoms with van der Waals surface area (Å²) in [7, 11) is 0. The fourth-order valence-corrected chi connectivity index (χ4v) is 3.75. The first-order chi connectivity index (χ1) is 14.9. The molecule has 1 saturated heterocycles. The Morgan fingerprint density at radius 2 is 2.03 bits per heavy atom. The average Bonchev–Trinajstić information content (AvgIpc) is 2.74. The number of benzene rings is 1. The van der Waals surface area contributed by atoms with E-state index in [0.29, 0.717) is 11.6 Å². The van der Waals surface area contributed by atoms with Gasteiger partial charge >= 0.3 is 5.97 Å². The highest BCUT2D eigenvalue weighted by molar-refractivity contribution is 5.95. The Bertz CT molecular complexity index is 819. The molecule has 1 aromatic rings. The molecule has 10 nitrogen and oxygen atoms in total. The van der Waals surface area contributed by atoms with E-state index in [2.05, 4.69) is 31.2 Å². The number of aliphatic carboxylic acids is 1. The van der Waals surface area contributed by atoms with Gasteiger partial charge in [0.05, 0.1) is 6.42 Å². The number of nitrogens with zero attached hydrogens (tertiary/aromatic N) is 2. The van der Waals surface area contributed by atoms with E-state index in [1.165, 1.54) is 6.92 Å². The van der Waals surface area contributed by atoms with Crippen LogP contribution in [0.1, 0.15) is 43.0 Å². The normalized spacial score (nSPS) is 17.7. The van der Waals surface area contributed by atoms with Gasteiger partial charge in [0.25, 0.3) is 5.91 Å². The van der Waals surface area contributed by atoms with E-state index in [1.54, 1.807) is 18.2 Å². The topological polar surface area (TPSA) is 135 Å². The largest absolute Gasteiger partial charge is 0.481 e. The molecule has 31 heavy (non-hydrogen) atoms. The number of nitrogens with one attached hydrogen (secondary N) is 4. The lowest BCUT2D eigenvalue weighted by Gasteiger charge is -2.35. The van der Waals surface area contributed by atoms with Gasteiger partial charge in [0, 0.05) is 50.4 Å². The molecule has 1 aromatic carbocycles. The first-order valence-electron chi connectivity index (χ1n) is 10.6. The summed E-state index contributed by atoms with van der Waals surface area (Å²) in [6, 6.07) is 7.59. The van der Waals surface area contributed by atoms with Gasteiger partial charge in [-0.1, -0.05) is 6.07 Å². The maximum Gasteiger partial charge on any atom is 0.307 e. The Kier molecular flexibility index (Phi) is 7.69. The summed E-state index contributed by atoms with van der Waals surface area (Å²) in [4.78, 5) is 41.6. The SMILES string of the molecule is CC(=O)NC(CC(=O)O)NC(=O)c1cccc(N2CCC(NC3=NCCCN3)CC2)c1. The molecule has 1 atom stereocenters. The molecule has 0 bridgehead atoms. The van der Waals surface area contributed by atoms with Crippen molar-refractivity contribution in [1.29, 1.82) is 0 Å². The smallest absolute Gasteiger partial charge is 0.307 e. The van der Waals surface area contributed by atoms with E-state index in [1.807, 2.05) is 6.07 Å². The van der Waals surface area contributed by atoms with Crippen LogP contribution in [0.4, 0.5) is 5.69 Å². The number of aliphatic imine (C=N–C) groups is 1. The molecule has 0 spiro atoms. The van der Waals surface area contributed by atoms with Crippen LogP contribution in [0, 0.1) is 0 Å². The zero-order chi connectivity index (χ0) is 22.2. The lowest BCUT2D eigenvalue weighted by molar-refractivity contribution is -0.137.